The maximum Gasteiger partial charge on any atom is 0.222 e. The summed E-state index contributed by atoms with van der Waals surface area (Å²) in [4.78, 5) is 14.1. The van der Waals surface area contributed by atoms with Crippen LogP contribution in [0.1, 0.15) is 30.2 Å². The van der Waals surface area contributed by atoms with Crippen LogP contribution in [0.25, 0.3) is 11.0 Å². The van der Waals surface area contributed by atoms with Crippen LogP contribution in [-0.2, 0) is 24.2 Å². The van der Waals surface area contributed by atoms with Crippen molar-refractivity contribution >= 4 is 16.9 Å². The van der Waals surface area contributed by atoms with E-state index < -0.39 is 11.6 Å². The van der Waals surface area contributed by atoms with E-state index in [4.69, 9.17) is 4.42 Å². The topological polar surface area (TPSA) is 33.5 Å². The Hall–Kier alpha value is -2.69. The highest BCUT2D eigenvalue weighted by molar-refractivity contribution is 5.83. The minimum atomic E-state index is -0.500. The molecule has 3 nitrogen and oxygen atoms in total. The third-order valence-electron chi connectivity index (χ3n) is 4.54. The number of aryl methyl sites for hydroxylation is 2. The van der Waals surface area contributed by atoms with Gasteiger partial charge in [0.2, 0.25) is 5.91 Å². The van der Waals surface area contributed by atoms with Gasteiger partial charge in [0.25, 0.3) is 0 Å². The first-order chi connectivity index (χ1) is 12.5. The first-order valence-electron chi connectivity index (χ1n) is 8.66. The van der Waals surface area contributed by atoms with Crippen LogP contribution < -0.4 is 0 Å². The molecule has 0 radical (unpaired) electrons. The number of hydrogen-bond donors (Lipinski definition) is 0. The van der Waals surface area contributed by atoms with E-state index in [1.165, 1.54) is 0 Å². The fraction of sp³-hybridized carbons (Fsp3) is 0.286. The number of hydrogen-bond acceptors (Lipinski definition) is 2. The summed E-state index contributed by atoms with van der Waals surface area (Å²) in [6, 6.07) is 11.0. The molecule has 136 valence electrons. The molecule has 1 heterocycles. The predicted octanol–water partition coefficient (Wildman–Crippen LogP) is 4.86. The summed E-state index contributed by atoms with van der Waals surface area (Å²) in [6.45, 7) is 2.43. The number of rotatable bonds is 6. The van der Waals surface area contributed by atoms with Gasteiger partial charge in [-0.25, -0.2) is 8.78 Å². The van der Waals surface area contributed by atoms with E-state index in [2.05, 4.69) is 0 Å². The first-order valence-corrected chi connectivity index (χ1v) is 8.66. The quantitative estimate of drug-likeness (QED) is 0.631. The van der Waals surface area contributed by atoms with Crippen molar-refractivity contribution in [3.63, 3.8) is 0 Å². The molecule has 3 rings (SSSR count). The zero-order chi connectivity index (χ0) is 18.7. The van der Waals surface area contributed by atoms with Crippen molar-refractivity contribution in [3.05, 3.63) is 71.0 Å². The van der Waals surface area contributed by atoms with Crippen molar-refractivity contribution in [3.8, 4) is 0 Å². The van der Waals surface area contributed by atoms with Gasteiger partial charge in [-0.2, -0.15) is 0 Å². The maximum atomic E-state index is 13.7. The van der Waals surface area contributed by atoms with Crippen molar-refractivity contribution in [2.75, 3.05) is 7.05 Å². The molecule has 0 N–H and O–H groups in total. The van der Waals surface area contributed by atoms with Gasteiger partial charge in [-0.05, 0) is 36.2 Å². The van der Waals surface area contributed by atoms with Crippen molar-refractivity contribution in [2.45, 2.75) is 32.7 Å². The van der Waals surface area contributed by atoms with Gasteiger partial charge in [0, 0.05) is 37.4 Å². The lowest BCUT2D eigenvalue weighted by Gasteiger charge is -2.17. The van der Waals surface area contributed by atoms with E-state index >= 15 is 0 Å². The molecule has 3 aromatic rings. The molecule has 0 spiro atoms. The molecule has 0 saturated heterocycles. The Balaban J connectivity index is 1.71. The molecular weight excluding hydrogens is 336 g/mol. The Morgan fingerprint density at radius 1 is 1.15 bits per heavy atom. The smallest absolute Gasteiger partial charge is 0.222 e. The summed E-state index contributed by atoms with van der Waals surface area (Å²) in [5, 5.41) is 1.00. The number of halogens is 2. The first kappa shape index (κ1) is 18.1. The lowest BCUT2D eigenvalue weighted by atomic mass is 10.1. The molecule has 0 aliphatic heterocycles. The van der Waals surface area contributed by atoms with Gasteiger partial charge in [-0.15, -0.1) is 0 Å². The number of fused-ring (bicyclic) bond motifs is 1. The average Bonchev–Trinajstić information content (AvgIpc) is 3.00. The molecule has 0 saturated carbocycles. The van der Waals surface area contributed by atoms with E-state index in [0.29, 0.717) is 6.54 Å². The second kappa shape index (κ2) is 7.68. The number of carbonyl (C=O) groups is 1. The highest BCUT2D eigenvalue weighted by Gasteiger charge is 2.17. The highest BCUT2D eigenvalue weighted by atomic mass is 19.1. The van der Waals surface area contributed by atoms with Crippen LogP contribution in [0, 0.1) is 11.6 Å². The second-order valence-corrected chi connectivity index (χ2v) is 6.34. The molecular formula is C21H21F2NO2. The maximum absolute atomic E-state index is 13.7. The van der Waals surface area contributed by atoms with Crippen molar-refractivity contribution in [1.82, 2.24) is 4.90 Å². The molecule has 26 heavy (non-hydrogen) atoms. The molecule has 5 heteroatoms. The van der Waals surface area contributed by atoms with Gasteiger partial charge < -0.3 is 9.32 Å². The lowest BCUT2D eigenvalue weighted by Crippen LogP contribution is -2.26. The van der Waals surface area contributed by atoms with Crippen LogP contribution in [0.15, 0.2) is 46.9 Å². The van der Waals surface area contributed by atoms with Gasteiger partial charge in [-0.1, -0.05) is 25.1 Å². The Labute approximate surface area is 151 Å². The van der Waals surface area contributed by atoms with Crippen LogP contribution in [0.3, 0.4) is 0 Å². The number of furan rings is 1. The van der Waals surface area contributed by atoms with Crippen LogP contribution in [0.4, 0.5) is 8.78 Å². The van der Waals surface area contributed by atoms with Crippen molar-refractivity contribution in [2.24, 2.45) is 0 Å². The van der Waals surface area contributed by atoms with Crippen LogP contribution >= 0.6 is 0 Å². The van der Waals surface area contributed by atoms with Gasteiger partial charge >= 0.3 is 0 Å². The van der Waals surface area contributed by atoms with Crippen LogP contribution in [0.2, 0.25) is 0 Å². The van der Waals surface area contributed by atoms with E-state index in [1.807, 2.05) is 31.2 Å². The molecule has 0 aliphatic carbocycles. The standard InChI is InChI=1S/C21H21F2NO2/c1-3-19-17(16-6-4-5-7-20(16)26-19)13-24(2)21(25)11-8-14-12-15(22)9-10-18(14)23/h4-7,9-10,12H,3,8,11,13H2,1-2H3. The van der Waals surface area contributed by atoms with Gasteiger partial charge in [0.1, 0.15) is 23.0 Å². The minimum Gasteiger partial charge on any atom is -0.461 e. The summed E-state index contributed by atoms with van der Waals surface area (Å²) in [7, 11) is 1.71. The Bertz CT molecular complexity index is 933. The van der Waals surface area contributed by atoms with E-state index in [9.17, 15) is 13.6 Å². The third kappa shape index (κ3) is 3.77. The molecule has 0 bridgehead atoms. The zero-order valence-corrected chi connectivity index (χ0v) is 14.9. The fourth-order valence-electron chi connectivity index (χ4n) is 3.10. The normalized spacial score (nSPS) is 11.1. The monoisotopic (exact) mass is 357 g/mol. The number of para-hydroxylation sites is 1. The molecule has 0 unspecified atom stereocenters. The number of nitrogens with zero attached hydrogens (tertiary/aromatic N) is 1. The summed E-state index contributed by atoms with van der Waals surface area (Å²) >= 11 is 0. The van der Waals surface area contributed by atoms with Crippen molar-refractivity contribution in [1.29, 1.82) is 0 Å². The molecule has 1 amide bonds. The summed E-state index contributed by atoms with van der Waals surface area (Å²) in [6.07, 6.45) is 1.02. The molecule has 0 atom stereocenters. The molecule has 0 fully saturated rings. The average molecular weight is 357 g/mol. The number of amides is 1. The van der Waals surface area contributed by atoms with Gasteiger partial charge in [-0.3, -0.25) is 4.79 Å². The lowest BCUT2D eigenvalue weighted by molar-refractivity contribution is -0.130. The molecule has 0 aliphatic rings. The number of carbonyl (C=O) groups excluding carboxylic acids is 1. The fourth-order valence-corrected chi connectivity index (χ4v) is 3.10. The minimum absolute atomic E-state index is 0.119. The Morgan fingerprint density at radius 3 is 2.69 bits per heavy atom. The van der Waals surface area contributed by atoms with E-state index in [1.54, 1.807) is 11.9 Å². The van der Waals surface area contributed by atoms with E-state index in [0.717, 1.165) is 46.9 Å². The molecule has 1 aromatic heterocycles. The predicted molar refractivity (Wildman–Crippen MR) is 96.7 cm³/mol. The van der Waals surface area contributed by atoms with Crippen molar-refractivity contribution < 1.29 is 18.0 Å². The summed E-state index contributed by atoms with van der Waals surface area (Å²) in [5.74, 6) is -0.251. The highest BCUT2D eigenvalue weighted by Crippen LogP contribution is 2.27. The van der Waals surface area contributed by atoms with Gasteiger partial charge in [0.05, 0.1) is 0 Å². The largest absolute Gasteiger partial charge is 0.461 e. The second-order valence-electron chi connectivity index (χ2n) is 6.34. The van der Waals surface area contributed by atoms with E-state index in [-0.39, 0.29) is 24.3 Å². The van der Waals surface area contributed by atoms with Gasteiger partial charge in [0.15, 0.2) is 0 Å². The van der Waals surface area contributed by atoms with Crippen LogP contribution in [0.5, 0.6) is 0 Å². The SMILES string of the molecule is CCc1oc2ccccc2c1CN(C)C(=O)CCc1cc(F)ccc1F. The Kier molecular flexibility index (Phi) is 5.35. The molecule has 2 aromatic carbocycles. The summed E-state index contributed by atoms with van der Waals surface area (Å²) < 4.78 is 32.8. The summed E-state index contributed by atoms with van der Waals surface area (Å²) in [5.41, 5.74) is 2.02. The Morgan fingerprint density at radius 2 is 1.92 bits per heavy atom. The third-order valence-corrected chi connectivity index (χ3v) is 4.54. The van der Waals surface area contributed by atoms with Crippen LogP contribution in [-0.4, -0.2) is 17.9 Å². The number of benzene rings is 2. The zero-order valence-electron chi connectivity index (χ0n) is 14.9.